The molecule has 1 amide bonds. The van der Waals surface area contributed by atoms with E-state index in [4.69, 9.17) is 16.1 Å². The Morgan fingerprint density at radius 2 is 2.15 bits per heavy atom. The van der Waals surface area contributed by atoms with Crippen LogP contribution in [-0.4, -0.2) is 46.6 Å². The summed E-state index contributed by atoms with van der Waals surface area (Å²) in [5.41, 5.74) is 0.838. The lowest BCUT2D eigenvalue weighted by molar-refractivity contribution is -0.121. The number of benzene rings is 1. The molecule has 1 aliphatic heterocycles. The van der Waals surface area contributed by atoms with Crippen molar-refractivity contribution in [1.82, 2.24) is 20.4 Å². The predicted octanol–water partition coefficient (Wildman–Crippen LogP) is 3.31. The molecule has 0 aliphatic carbocycles. The summed E-state index contributed by atoms with van der Waals surface area (Å²) in [7, 11) is 0. The van der Waals surface area contributed by atoms with Crippen LogP contribution in [0.5, 0.6) is 0 Å². The number of amides is 1. The van der Waals surface area contributed by atoms with E-state index in [2.05, 4.69) is 27.3 Å². The summed E-state index contributed by atoms with van der Waals surface area (Å²) in [5, 5.41) is 7.60. The van der Waals surface area contributed by atoms with E-state index in [1.807, 2.05) is 12.1 Å². The molecule has 1 aromatic carbocycles. The predicted molar refractivity (Wildman–Crippen MR) is 101 cm³/mol. The average Bonchev–Trinajstić information content (AvgIpc) is 3.11. The van der Waals surface area contributed by atoms with Crippen LogP contribution in [0, 0.1) is 0 Å². The van der Waals surface area contributed by atoms with Gasteiger partial charge in [0.15, 0.2) is 0 Å². The molecular weight excluding hydrogens is 352 g/mol. The van der Waals surface area contributed by atoms with Gasteiger partial charge in [-0.05, 0) is 50.6 Å². The summed E-state index contributed by atoms with van der Waals surface area (Å²) in [6.07, 6.45) is 4.60. The molecule has 7 heteroatoms. The maximum atomic E-state index is 12.0. The number of hydrogen-bond donors (Lipinski definition) is 1. The molecule has 1 N–H and O–H groups in total. The summed E-state index contributed by atoms with van der Waals surface area (Å²) < 4.78 is 5.23. The van der Waals surface area contributed by atoms with Gasteiger partial charge < -0.3 is 9.84 Å². The van der Waals surface area contributed by atoms with Crippen molar-refractivity contribution in [3.8, 4) is 11.4 Å². The van der Waals surface area contributed by atoms with Crippen LogP contribution in [0.1, 0.15) is 38.5 Å². The zero-order chi connectivity index (χ0) is 18.4. The summed E-state index contributed by atoms with van der Waals surface area (Å²) >= 11 is 5.88. The summed E-state index contributed by atoms with van der Waals surface area (Å²) in [6.45, 7) is 4.98. The van der Waals surface area contributed by atoms with E-state index in [9.17, 15) is 4.79 Å². The third kappa shape index (κ3) is 5.29. The number of hydrogen-bond acceptors (Lipinski definition) is 5. The van der Waals surface area contributed by atoms with Gasteiger partial charge in [-0.2, -0.15) is 4.98 Å². The van der Waals surface area contributed by atoms with Gasteiger partial charge in [0, 0.05) is 42.6 Å². The number of carbonyl (C=O) groups is 1. The molecule has 1 unspecified atom stereocenters. The normalized spacial score (nSPS) is 18.0. The van der Waals surface area contributed by atoms with Gasteiger partial charge in [-0.1, -0.05) is 23.2 Å². The molecule has 6 nitrogen and oxygen atoms in total. The maximum Gasteiger partial charge on any atom is 0.227 e. The molecule has 26 heavy (non-hydrogen) atoms. The molecule has 0 bridgehead atoms. The van der Waals surface area contributed by atoms with Crippen LogP contribution in [0.4, 0.5) is 0 Å². The Hall–Kier alpha value is -1.92. The number of likely N-dealkylation sites (tertiary alicyclic amines) is 1. The maximum absolute atomic E-state index is 12.0. The van der Waals surface area contributed by atoms with E-state index in [0.717, 1.165) is 18.7 Å². The fourth-order valence-electron chi connectivity index (χ4n) is 3.21. The van der Waals surface area contributed by atoms with Gasteiger partial charge in [-0.25, -0.2) is 0 Å². The standard InChI is InChI=1S/C19H25ClN4O2/c1-14-4-2-3-12-24(14)13-11-21-17(25)9-10-18-22-19(23-26-18)15-5-7-16(20)8-6-15/h5-8,14H,2-4,9-13H2,1H3,(H,21,25). The summed E-state index contributed by atoms with van der Waals surface area (Å²) in [4.78, 5) is 18.8. The van der Waals surface area contributed by atoms with Crippen LogP contribution in [0.25, 0.3) is 11.4 Å². The number of aryl methyl sites for hydroxylation is 1. The van der Waals surface area contributed by atoms with Crippen LogP contribution in [0.2, 0.25) is 5.02 Å². The Labute approximate surface area is 158 Å². The van der Waals surface area contributed by atoms with Crippen molar-refractivity contribution < 1.29 is 9.32 Å². The first-order valence-corrected chi connectivity index (χ1v) is 9.59. The van der Waals surface area contributed by atoms with Crippen molar-refractivity contribution in [1.29, 1.82) is 0 Å². The Kier molecular flexibility index (Phi) is 6.63. The van der Waals surface area contributed by atoms with E-state index in [1.54, 1.807) is 12.1 Å². The van der Waals surface area contributed by atoms with Gasteiger partial charge in [0.05, 0.1) is 0 Å². The number of aromatic nitrogens is 2. The topological polar surface area (TPSA) is 71.3 Å². The average molecular weight is 377 g/mol. The molecule has 1 aliphatic rings. The zero-order valence-corrected chi connectivity index (χ0v) is 15.8. The second-order valence-corrected chi connectivity index (χ2v) is 7.19. The highest BCUT2D eigenvalue weighted by atomic mass is 35.5. The lowest BCUT2D eigenvalue weighted by atomic mass is 10.0. The Morgan fingerprint density at radius 1 is 1.35 bits per heavy atom. The van der Waals surface area contributed by atoms with Crippen molar-refractivity contribution in [3.63, 3.8) is 0 Å². The molecule has 1 fully saturated rings. The van der Waals surface area contributed by atoms with Crippen LogP contribution >= 0.6 is 11.6 Å². The minimum atomic E-state index is 0.0147. The molecule has 2 aromatic rings. The summed E-state index contributed by atoms with van der Waals surface area (Å²) in [5.74, 6) is 0.992. The minimum Gasteiger partial charge on any atom is -0.355 e. The van der Waals surface area contributed by atoms with Crippen molar-refractivity contribution >= 4 is 17.5 Å². The second-order valence-electron chi connectivity index (χ2n) is 6.75. The van der Waals surface area contributed by atoms with Gasteiger partial charge in [0.2, 0.25) is 17.6 Å². The quantitative estimate of drug-likeness (QED) is 0.802. The summed E-state index contributed by atoms with van der Waals surface area (Å²) in [6, 6.07) is 7.86. The Bertz CT molecular complexity index is 717. The molecule has 0 saturated carbocycles. The molecule has 0 radical (unpaired) electrons. The fraction of sp³-hybridized carbons (Fsp3) is 0.526. The molecule has 3 rings (SSSR count). The first kappa shape index (κ1) is 18.9. The second kappa shape index (κ2) is 9.14. The molecular formula is C19H25ClN4O2. The molecule has 140 valence electrons. The largest absolute Gasteiger partial charge is 0.355 e. The van der Waals surface area contributed by atoms with Crippen LogP contribution < -0.4 is 5.32 Å². The number of halogens is 1. The number of carbonyl (C=O) groups excluding carboxylic acids is 1. The number of nitrogens with zero attached hydrogens (tertiary/aromatic N) is 3. The van der Waals surface area contributed by atoms with Crippen LogP contribution in [0.15, 0.2) is 28.8 Å². The third-order valence-corrected chi connectivity index (χ3v) is 5.05. The first-order chi connectivity index (χ1) is 12.6. The van der Waals surface area contributed by atoms with Crippen molar-refractivity contribution in [2.75, 3.05) is 19.6 Å². The number of rotatable bonds is 7. The highest BCUT2D eigenvalue weighted by Gasteiger charge is 2.17. The molecule has 0 spiro atoms. The van der Waals surface area contributed by atoms with E-state index in [1.165, 1.54) is 19.3 Å². The lowest BCUT2D eigenvalue weighted by Crippen LogP contribution is -2.42. The highest BCUT2D eigenvalue weighted by molar-refractivity contribution is 6.30. The van der Waals surface area contributed by atoms with E-state index in [-0.39, 0.29) is 5.91 Å². The molecule has 2 heterocycles. The number of nitrogens with one attached hydrogen (secondary N) is 1. The molecule has 1 saturated heterocycles. The van der Waals surface area contributed by atoms with E-state index >= 15 is 0 Å². The minimum absolute atomic E-state index is 0.0147. The fourth-order valence-corrected chi connectivity index (χ4v) is 3.34. The van der Waals surface area contributed by atoms with E-state index < -0.39 is 0 Å². The lowest BCUT2D eigenvalue weighted by Gasteiger charge is -2.33. The first-order valence-electron chi connectivity index (χ1n) is 9.21. The number of piperidine rings is 1. The van der Waals surface area contributed by atoms with Crippen molar-refractivity contribution in [3.05, 3.63) is 35.2 Å². The van der Waals surface area contributed by atoms with E-state index in [0.29, 0.717) is 42.2 Å². The van der Waals surface area contributed by atoms with Gasteiger partial charge in [0.1, 0.15) is 0 Å². The SMILES string of the molecule is CC1CCCCN1CCNC(=O)CCc1nc(-c2ccc(Cl)cc2)no1. The van der Waals surface area contributed by atoms with Crippen molar-refractivity contribution in [2.45, 2.75) is 45.1 Å². The highest BCUT2D eigenvalue weighted by Crippen LogP contribution is 2.19. The zero-order valence-electron chi connectivity index (χ0n) is 15.1. The van der Waals surface area contributed by atoms with Crippen LogP contribution in [-0.2, 0) is 11.2 Å². The Morgan fingerprint density at radius 3 is 2.92 bits per heavy atom. The smallest absolute Gasteiger partial charge is 0.227 e. The Balaban J connectivity index is 1.40. The third-order valence-electron chi connectivity index (χ3n) is 4.80. The van der Waals surface area contributed by atoms with Crippen LogP contribution in [0.3, 0.4) is 0 Å². The monoisotopic (exact) mass is 376 g/mol. The van der Waals surface area contributed by atoms with Gasteiger partial charge >= 0.3 is 0 Å². The van der Waals surface area contributed by atoms with Gasteiger partial charge in [0.25, 0.3) is 0 Å². The molecule has 1 aromatic heterocycles. The van der Waals surface area contributed by atoms with Gasteiger partial charge in [-0.3, -0.25) is 9.69 Å². The van der Waals surface area contributed by atoms with Crippen molar-refractivity contribution in [2.24, 2.45) is 0 Å². The molecule has 1 atom stereocenters. The van der Waals surface area contributed by atoms with Gasteiger partial charge in [-0.15, -0.1) is 0 Å².